The Morgan fingerprint density at radius 2 is 1.85 bits per heavy atom. The third kappa shape index (κ3) is 4.29. The molecule has 5 rings (SSSR count). The number of fused-ring (bicyclic) bond motifs is 1. The SMILES string of the molecule is Cc1ccc(C2=C(c3cccc(F)c3)CN(C(=O)Nc3ccc4c(c3)CC(C)(C)O4)N2)cc1. The summed E-state index contributed by atoms with van der Waals surface area (Å²) in [5, 5.41) is 4.49. The second-order valence-electron chi connectivity index (χ2n) is 9.22. The van der Waals surface area contributed by atoms with Gasteiger partial charge in [-0.1, -0.05) is 42.0 Å². The summed E-state index contributed by atoms with van der Waals surface area (Å²) in [6.07, 6.45) is 0.789. The van der Waals surface area contributed by atoms with Crippen LogP contribution in [0.4, 0.5) is 14.9 Å². The second-order valence-corrected chi connectivity index (χ2v) is 9.22. The average molecular weight is 444 g/mol. The Hall–Kier alpha value is -3.80. The molecule has 2 N–H and O–H groups in total. The molecule has 3 aromatic carbocycles. The summed E-state index contributed by atoms with van der Waals surface area (Å²) in [4.78, 5) is 13.1. The third-order valence-electron chi connectivity index (χ3n) is 5.94. The van der Waals surface area contributed by atoms with Crippen molar-refractivity contribution in [3.8, 4) is 5.75 Å². The molecule has 6 heteroatoms. The number of benzene rings is 3. The molecule has 2 heterocycles. The molecule has 3 aromatic rings. The van der Waals surface area contributed by atoms with Crippen molar-refractivity contribution in [1.82, 2.24) is 10.4 Å². The van der Waals surface area contributed by atoms with Gasteiger partial charge in [-0.05, 0) is 62.2 Å². The molecule has 0 fully saturated rings. The molecule has 0 spiro atoms. The van der Waals surface area contributed by atoms with Crippen LogP contribution in [0.1, 0.15) is 36.1 Å². The number of amides is 2. The first kappa shape index (κ1) is 21.1. The lowest BCUT2D eigenvalue weighted by Gasteiger charge is -2.19. The Morgan fingerprint density at radius 3 is 2.61 bits per heavy atom. The van der Waals surface area contributed by atoms with Crippen LogP contribution < -0.4 is 15.5 Å². The number of hydrogen-bond donors (Lipinski definition) is 2. The number of hydrogen-bond acceptors (Lipinski definition) is 3. The molecule has 2 amide bonds. The van der Waals surface area contributed by atoms with E-state index in [1.165, 1.54) is 17.1 Å². The molecule has 0 unspecified atom stereocenters. The van der Waals surface area contributed by atoms with Crippen LogP contribution in [0.3, 0.4) is 0 Å². The van der Waals surface area contributed by atoms with E-state index in [1.54, 1.807) is 6.07 Å². The van der Waals surface area contributed by atoms with Gasteiger partial charge in [-0.25, -0.2) is 14.2 Å². The van der Waals surface area contributed by atoms with Crippen molar-refractivity contribution in [3.05, 3.63) is 94.8 Å². The van der Waals surface area contributed by atoms with E-state index in [1.807, 2.05) is 69.3 Å². The standard InChI is InChI=1S/C27H26FN3O2/c1-17-7-9-18(10-8-17)25-23(19-5-4-6-21(28)13-19)16-31(30-25)26(32)29-22-11-12-24-20(14-22)15-27(2,3)33-24/h4-14,30H,15-16H2,1-3H3,(H,29,32). The van der Waals surface area contributed by atoms with Crippen LogP contribution in [0.25, 0.3) is 11.3 Å². The zero-order chi connectivity index (χ0) is 23.2. The minimum absolute atomic E-state index is 0.242. The summed E-state index contributed by atoms with van der Waals surface area (Å²) in [5.41, 5.74) is 9.24. The second kappa shape index (κ2) is 7.96. The molecule has 168 valence electrons. The van der Waals surface area contributed by atoms with Crippen molar-refractivity contribution in [2.45, 2.75) is 32.8 Å². The minimum Gasteiger partial charge on any atom is -0.487 e. The molecule has 2 aliphatic heterocycles. The summed E-state index contributed by atoms with van der Waals surface area (Å²) in [5.74, 6) is 0.545. The van der Waals surface area contributed by atoms with Gasteiger partial charge in [0.25, 0.3) is 0 Å². The lowest BCUT2D eigenvalue weighted by atomic mass is 10.00. The Labute approximate surface area is 192 Å². The smallest absolute Gasteiger partial charge is 0.340 e. The van der Waals surface area contributed by atoms with Crippen molar-refractivity contribution in [3.63, 3.8) is 0 Å². The number of urea groups is 1. The maximum atomic E-state index is 14.0. The average Bonchev–Trinajstić information content (AvgIpc) is 3.34. The van der Waals surface area contributed by atoms with E-state index < -0.39 is 0 Å². The number of hydrazine groups is 1. The Kier molecular flexibility index (Phi) is 5.08. The van der Waals surface area contributed by atoms with Gasteiger partial charge in [-0.3, -0.25) is 5.43 Å². The molecule has 0 saturated carbocycles. The van der Waals surface area contributed by atoms with Gasteiger partial charge in [0.2, 0.25) is 0 Å². The maximum Gasteiger partial charge on any atom is 0.340 e. The van der Waals surface area contributed by atoms with Crippen molar-refractivity contribution in [2.75, 3.05) is 11.9 Å². The van der Waals surface area contributed by atoms with Crippen LogP contribution in [0.5, 0.6) is 5.75 Å². The number of anilines is 1. The molecule has 0 atom stereocenters. The van der Waals surface area contributed by atoms with E-state index >= 15 is 0 Å². The highest BCUT2D eigenvalue weighted by molar-refractivity contribution is 5.98. The highest BCUT2D eigenvalue weighted by atomic mass is 19.1. The number of carbonyl (C=O) groups excluding carboxylic acids is 1. The number of halogens is 1. The highest BCUT2D eigenvalue weighted by Gasteiger charge is 2.31. The van der Waals surface area contributed by atoms with Crippen LogP contribution in [0.2, 0.25) is 0 Å². The van der Waals surface area contributed by atoms with E-state index in [4.69, 9.17) is 4.74 Å². The van der Waals surface area contributed by atoms with Crippen LogP contribution >= 0.6 is 0 Å². The summed E-state index contributed by atoms with van der Waals surface area (Å²) < 4.78 is 19.9. The van der Waals surface area contributed by atoms with E-state index in [0.717, 1.165) is 45.7 Å². The molecule has 0 aliphatic carbocycles. The van der Waals surface area contributed by atoms with Crippen molar-refractivity contribution < 1.29 is 13.9 Å². The zero-order valence-corrected chi connectivity index (χ0v) is 18.9. The van der Waals surface area contributed by atoms with Gasteiger partial charge in [0.1, 0.15) is 17.2 Å². The van der Waals surface area contributed by atoms with Crippen LogP contribution in [0.15, 0.2) is 66.7 Å². The molecule has 33 heavy (non-hydrogen) atoms. The predicted octanol–water partition coefficient (Wildman–Crippen LogP) is 5.77. The van der Waals surface area contributed by atoms with Crippen LogP contribution in [-0.2, 0) is 6.42 Å². The molecule has 0 aromatic heterocycles. The van der Waals surface area contributed by atoms with Gasteiger partial charge in [0.15, 0.2) is 0 Å². The number of nitrogens with one attached hydrogen (secondary N) is 2. The minimum atomic E-state index is -0.311. The van der Waals surface area contributed by atoms with Gasteiger partial charge >= 0.3 is 6.03 Å². The summed E-state index contributed by atoms with van der Waals surface area (Å²) >= 11 is 0. The summed E-state index contributed by atoms with van der Waals surface area (Å²) in [6, 6.07) is 19.9. The number of rotatable bonds is 3. The first-order valence-corrected chi connectivity index (χ1v) is 11.0. The monoisotopic (exact) mass is 443 g/mol. The Morgan fingerprint density at radius 1 is 1.06 bits per heavy atom. The molecule has 0 radical (unpaired) electrons. The number of nitrogens with zero attached hydrogens (tertiary/aromatic N) is 1. The fourth-order valence-corrected chi connectivity index (χ4v) is 4.35. The van der Waals surface area contributed by atoms with E-state index in [0.29, 0.717) is 12.2 Å². The lowest BCUT2D eigenvalue weighted by Crippen LogP contribution is -2.40. The molecule has 0 bridgehead atoms. The van der Waals surface area contributed by atoms with E-state index in [9.17, 15) is 9.18 Å². The zero-order valence-electron chi connectivity index (χ0n) is 18.9. The summed E-state index contributed by atoms with van der Waals surface area (Å²) in [6.45, 7) is 6.42. The predicted molar refractivity (Wildman–Crippen MR) is 128 cm³/mol. The number of ether oxygens (including phenoxy) is 1. The van der Waals surface area contributed by atoms with Gasteiger partial charge in [-0.2, -0.15) is 0 Å². The van der Waals surface area contributed by atoms with Crippen molar-refractivity contribution in [1.29, 1.82) is 0 Å². The van der Waals surface area contributed by atoms with Crippen molar-refractivity contribution >= 4 is 23.0 Å². The fraction of sp³-hybridized carbons (Fsp3) is 0.222. The van der Waals surface area contributed by atoms with E-state index in [-0.39, 0.29) is 17.4 Å². The molecule has 2 aliphatic rings. The fourth-order valence-electron chi connectivity index (χ4n) is 4.35. The number of aryl methyl sites for hydroxylation is 1. The normalized spacial score (nSPS) is 16.3. The van der Waals surface area contributed by atoms with Gasteiger partial charge in [0, 0.05) is 23.2 Å². The first-order valence-electron chi connectivity index (χ1n) is 11.0. The molecular formula is C27H26FN3O2. The highest BCUT2D eigenvalue weighted by Crippen LogP contribution is 2.36. The molecule has 5 nitrogen and oxygen atoms in total. The van der Waals surface area contributed by atoms with Gasteiger partial charge in [-0.15, -0.1) is 0 Å². The summed E-state index contributed by atoms with van der Waals surface area (Å²) in [7, 11) is 0. The van der Waals surface area contributed by atoms with Crippen molar-refractivity contribution in [2.24, 2.45) is 0 Å². The third-order valence-corrected chi connectivity index (χ3v) is 5.94. The van der Waals surface area contributed by atoms with E-state index in [2.05, 4.69) is 10.7 Å². The quantitative estimate of drug-likeness (QED) is 0.541. The van der Waals surface area contributed by atoms with Gasteiger partial charge in [0.05, 0.1) is 12.2 Å². The largest absolute Gasteiger partial charge is 0.487 e. The van der Waals surface area contributed by atoms with Crippen LogP contribution in [0, 0.1) is 12.7 Å². The van der Waals surface area contributed by atoms with Gasteiger partial charge < -0.3 is 10.1 Å². The van der Waals surface area contributed by atoms with Crippen LogP contribution in [-0.4, -0.2) is 23.2 Å². The lowest BCUT2D eigenvalue weighted by molar-refractivity contribution is 0.138. The molecular weight excluding hydrogens is 417 g/mol. The Balaban J connectivity index is 1.39. The Bertz CT molecular complexity index is 1260. The maximum absolute atomic E-state index is 14.0. The topological polar surface area (TPSA) is 53.6 Å². The first-order chi connectivity index (χ1) is 15.8. The number of carbonyl (C=O) groups is 1. The molecule has 0 saturated heterocycles.